The van der Waals surface area contributed by atoms with Crippen LogP contribution in [0.5, 0.6) is 0 Å². The van der Waals surface area contributed by atoms with Gasteiger partial charge < -0.3 is 9.84 Å². The summed E-state index contributed by atoms with van der Waals surface area (Å²) in [5.74, 6) is 0. The molecule has 0 aromatic rings. The zero-order chi connectivity index (χ0) is 10.0. The Balaban J connectivity index is 2.10. The molecular formula is C11H19NO2. The van der Waals surface area contributed by atoms with Gasteiger partial charge in [-0.05, 0) is 25.8 Å². The van der Waals surface area contributed by atoms with E-state index in [1.54, 1.807) is 7.11 Å². The van der Waals surface area contributed by atoms with Crippen molar-refractivity contribution < 1.29 is 9.84 Å². The summed E-state index contributed by atoms with van der Waals surface area (Å²) in [5.41, 5.74) is 1.64. The van der Waals surface area contributed by atoms with E-state index in [0.717, 1.165) is 19.6 Å². The monoisotopic (exact) mass is 197 g/mol. The number of hydrogen-bond acceptors (Lipinski definition) is 3. The van der Waals surface area contributed by atoms with Gasteiger partial charge in [0.05, 0.1) is 13.2 Å². The second-order valence-electron chi connectivity index (χ2n) is 4.40. The number of methoxy groups -OCH3 is 1. The summed E-state index contributed by atoms with van der Waals surface area (Å²) in [6, 6.07) is 0. The highest BCUT2D eigenvalue weighted by atomic mass is 16.5. The molecule has 0 unspecified atom stereocenters. The molecule has 0 amide bonds. The molecule has 2 fully saturated rings. The number of fused-ring (bicyclic) bond motifs is 1. The number of aliphatic hydroxyl groups is 1. The Labute approximate surface area is 85.4 Å². The average Bonchev–Trinajstić information content (AvgIpc) is 2.61. The van der Waals surface area contributed by atoms with Crippen LogP contribution in [0.1, 0.15) is 19.3 Å². The summed E-state index contributed by atoms with van der Waals surface area (Å²) in [7, 11) is 1.78. The highest BCUT2D eigenvalue weighted by molar-refractivity contribution is 5.20. The van der Waals surface area contributed by atoms with E-state index >= 15 is 0 Å². The minimum Gasteiger partial charge on any atom is -0.392 e. The molecule has 0 aliphatic carbocycles. The van der Waals surface area contributed by atoms with Crippen molar-refractivity contribution in [2.75, 3.05) is 33.4 Å². The summed E-state index contributed by atoms with van der Waals surface area (Å²) in [5, 5.41) is 8.88. The van der Waals surface area contributed by atoms with E-state index in [1.165, 1.54) is 25.0 Å². The van der Waals surface area contributed by atoms with Crippen LogP contribution >= 0.6 is 0 Å². The van der Waals surface area contributed by atoms with Crippen molar-refractivity contribution in [1.29, 1.82) is 0 Å². The maximum Gasteiger partial charge on any atom is 0.0649 e. The van der Waals surface area contributed by atoms with Crippen LogP contribution in [0.4, 0.5) is 0 Å². The van der Waals surface area contributed by atoms with Crippen LogP contribution in [0.15, 0.2) is 11.6 Å². The molecular weight excluding hydrogens is 178 g/mol. The van der Waals surface area contributed by atoms with E-state index in [0.29, 0.717) is 0 Å². The topological polar surface area (TPSA) is 32.7 Å². The van der Waals surface area contributed by atoms with Crippen molar-refractivity contribution in [3.05, 3.63) is 11.6 Å². The van der Waals surface area contributed by atoms with Crippen LogP contribution in [0.2, 0.25) is 0 Å². The van der Waals surface area contributed by atoms with Gasteiger partial charge in [-0.3, -0.25) is 4.90 Å². The molecule has 0 aromatic heterocycles. The predicted octanol–water partition coefficient (Wildman–Crippen LogP) is 0.790. The van der Waals surface area contributed by atoms with Crippen molar-refractivity contribution >= 4 is 0 Å². The van der Waals surface area contributed by atoms with Gasteiger partial charge in [-0.2, -0.15) is 0 Å². The SMILES string of the molecule is COC[C@@]12CCCN1C/C(=C\CO)C2. The summed E-state index contributed by atoms with van der Waals surface area (Å²) in [4.78, 5) is 2.51. The van der Waals surface area contributed by atoms with Crippen molar-refractivity contribution in [2.24, 2.45) is 0 Å². The standard InChI is InChI=1S/C11H19NO2/c1-14-9-11-4-2-5-12(11)8-10(7-11)3-6-13/h3,13H,2,4-9H2,1H3/b10-3-/t11-/m0/s1. The molecule has 0 saturated carbocycles. The van der Waals surface area contributed by atoms with Gasteiger partial charge in [-0.1, -0.05) is 11.6 Å². The Bertz CT molecular complexity index is 239. The van der Waals surface area contributed by atoms with E-state index in [9.17, 15) is 0 Å². The minimum absolute atomic E-state index is 0.173. The molecule has 2 aliphatic heterocycles. The summed E-state index contributed by atoms with van der Waals surface area (Å²) < 4.78 is 5.33. The maximum atomic E-state index is 8.88. The third kappa shape index (κ3) is 1.60. The largest absolute Gasteiger partial charge is 0.392 e. The van der Waals surface area contributed by atoms with Crippen LogP contribution in [0.25, 0.3) is 0 Å². The Morgan fingerprint density at radius 1 is 1.64 bits per heavy atom. The molecule has 2 rings (SSSR count). The number of rotatable bonds is 3. The van der Waals surface area contributed by atoms with Gasteiger partial charge in [0.1, 0.15) is 0 Å². The van der Waals surface area contributed by atoms with Gasteiger partial charge >= 0.3 is 0 Å². The van der Waals surface area contributed by atoms with E-state index in [1.807, 2.05) is 6.08 Å². The first-order chi connectivity index (χ1) is 6.80. The summed E-state index contributed by atoms with van der Waals surface area (Å²) >= 11 is 0. The molecule has 2 aliphatic rings. The van der Waals surface area contributed by atoms with E-state index < -0.39 is 0 Å². The van der Waals surface area contributed by atoms with Crippen LogP contribution < -0.4 is 0 Å². The lowest BCUT2D eigenvalue weighted by molar-refractivity contribution is 0.0656. The van der Waals surface area contributed by atoms with Crippen molar-refractivity contribution in [3.63, 3.8) is 0 Å². The molecule has 0 radical (unpaired) electrons. The molecule has 2 saturated heterocycles. The lowest BCUT2D eigenvalue weighted by atomic mass is 9.93. The first kappa shape index (κ1) is 10.1. The summed E-state index contributed by atoms with van der Waals surface area (Å²) in [6.45, 7) is 3.22. The zero-order valence-corrected chi connectivity index (χ0v) is 8.83. The lowest BCUT2D eigenvalue weighted by Gasteiger charge is -2.30. The van der Waals surface area contributed by atoms with Gasteiger partial charge in [0.25, 0.3) is 0 Å². The minimum atomic E-state index is 0.173. The van der Waals surface area contributed by atoms with Gasteiger partial charge in [0, 0.05) is 19.2 Å². The molecule has 14 heavy (non-hydrogen) atoms. The smallest absolute Gasteiger partial charge is 0.0649 e. The second kappa shape index (κ2) is 4.01. The molecule has 1 N–H and O–H groups in total. The fourth-order valence-electron chi connectivity index (χ4n) is 2.91. The number of nitrogens with zero attached hydrogens (tertiary/aromatic N) is 1. The van der Waals surface area contributed by atoms with Crippen LogP contribution in [0.3, 0.4) is 0 Å². The molecule has 0 bridgehead atoms. The van der Waals surface area contributed by atoms with E-state index in [4.69, 9.17) is 9.84 Å². The van der Waals surface area contributed by atoms with Gasteiger partial charge in [-0.25, -0.2) is 0 Å². The van der Waals surface area contributed by atoms with Gasteiger partial charge in [0.2, 0.25) is 0 Å². The number of aliphatic hydroxyl groups excluding tert-OH is 1. The fourth-order valence-corrected chi connectivity index (χ4v) is 2.91. The maximum absolute atomic E-state index is 8.88. The van der Waals surface area contributed by atoms with Crippen molar-refractivity contribution in [3.8, 4) is 0 Å². The molecule has 0 spiro atoms. The molecule has 80 valence electrons. The van der Waals surface area contributed by atoms with E-state index in [-0.39, 0.29) is 12.1 Å². The van der Waals surface area contributed by atoms with Crippen LogP contribution in [-0.4, -0.2) is 49.0 Å². The molecule has 0 aromatic carbocycles. The lowest BCUT2D eigenvalue weighted by Crippen LogP contribution is -2.42. The molecule has 2 heterocycles. The van der Waals surface area contributed by atoms with Crippen molar-refractivity contribution in [1.82, 2.24) is 4.90 Å². The van der Waals surface area contributed by atoms with E-state index in [2.05, 4.69) is 4.90 Å². The Morgan fingerprint density at radius 3 is 3.21 bits per heavy atom. The predicted molar refractivity (Wildman–Crippen MR) is 55.2 cm³/mol. The Morgan fingerprint density at radius 2 is 2.50 bits per heavy atom. The molecule has 3 nitrogen and oxygen atoms in total. The first-order valence-corrected chi connectivity index (χ1v) is 5.33. The van der Waals surface area contributed by atoms with Crippen LogP contribution in [0, 0.1) is 0 Å². The Hall–Kier alpha value is -0.380. The van der Waals surface area contributed by atoms with Crippen LogP contribution in [-0.2, 0) is 4.74 Å². The normalized spacial score (nSPS) is 35.4. The van der Waals surface area contributed by atoms with Gasteiger partial charge in [0.15, 0.2) is 0 Å². The average molecular weight is 197 g/mol. The molecule has 1 atom stereocenters. The fraction of sp³-hybridized carbons (Fsp3) is 0.818. The first-order valence-electron chi connectivity index (χ1n) is 5.33. The highest BCUT2D eigenvalue weighted by Crippen LogP contribution is 2.41. The third-order valence-electron chi connectivity index (χ3n) is 3.48. The van der Waals surface area contributed by atoms with Gasteiger partial charge in [-0.15, -0.1) is 0 Å². The van der Waals surface area contributed by atoms with Crippen molar-refractivity contribution in [2.45, 2.75) is 24.8 Å². The summed E-state index contributed by atoms with van der Waals surface area (Å²) in [6.07, 6.45) is 5.57. The second-order valence-corrected chi connectivity index (χ2v) is 4.40. The molecule has 3 heteroatoms. The zero-order valence-electron chi connectivity index (χ0n) is 8.83. The number of hydrogen-bond donors (Lipinski definition) is 1. The third-order valence-corrected chi connectivity index (χ3v) is 3.48. The quantitative estimate of drug-likeness (QED) is 0.679. The highest BCUT2D eigenvalue weighted by Gasteiger charge is 2.45. The Kier molecular flexibility index (Phi) is 2.91. The number of ether oxygens (including phenoxy) is 1.